The third-order valence-corrected chi connectivity index (χ3v) is 6.49. The molecule has 0 spiro atoms. The van der Waals surface area contributed by atoms with Crippen LogP contribution in [0.4, 0.5) is 0 Å². The topological polar surface area (TPSA) is 149 Å². The van der Waals surface area contributed by atoms with Gasteiger partial charge in [0, 0.05) is 35.5 Å². The van der Waals surface area contributed by atoms with E-state index in [0.717, 1.165) is 0 Å². The summed E-state index contributed by atoms with van der Waals surface area (Å²) in [7, 11) is -3.68. The number of hydrogen-bond acceptors (Lipinski definition) is 6. The molecule has 1 aromatic carbocycles. The molecule has 2 heterocycles. The number of fused-ring (bicyclic) bond motifs is 1. The molecule has 142 valence electrons. The summed E-state index contributed by atoms with van der Waals surface area (Å²) in [4.78, 5) is 40.1. The lowest BCUT2D eigenvalue weighted by Crippen LogP contribution is -2.52. The van der Waals surface area contributed by atoms with Crippen molar-refractivity contribution in [2.75, 3.05) is 12.3 Å². The maximum absolute atomic E-state index is 12.7. The van der Waals surface area contributed by atoms with Crippen molar-refractivity contribution in [2.24, 2.45) is 5.11 Å². The van der Waals surface area contributed by atoms with Crippen molar-refractivity contribution in [3.05, 3.63) is 39.8 Å². The number of hydrogen-bond donors (Lipinski definition) is 1. The molecule has 1 fully saturated rings. The van der Waals surface area contributed by atoms with Gasteiger partial charge in [-0.2, -0.15) is 0 Å². The quantitative estimate of drug-likeness (QED) is 0.251. The van der Waals surface area contributed by atoms with Gasteiger partial charge >= 0.3 is 0 Å². The number of rotatable bonds is 6. The highest BCUT2D eigenvalue weighted by molar-refractivity contribution is 7.91. The van der Waals surface area contributed by atoms with Crippen molar-refractivity contribution in [3.8, 4) is 0 Å². The van der Waals surface area contributed by atoms with E-state index in [9.17, 15) is 22.8 Å². The molecule has 1 saturated heterocycles. The zero-order valence-corrected chi connectivity index (χ0v) is 15.1. The molecule has 0 saturated carbocycles. The number of amides is 3. The number of carbonyl (C=O) groups is 3. The number of sulfone groups is 1. The Labute approximate surface area is 155 Å². The van der Waals surface area contributed by atoms with Crippen molar-refractivity contribution in [2.45, 2.75) is 36.7 Å². The maximum atomic E-state index is 12.7. The largest absolute Gasteiger partial charge is 0.322 e. The molecule has 0 aliphatic carbocycles. The predicted molar refractivity (Wildman–Crippen MR) is 93.2 cm³/mol. The Bertz CT molecular complexity index is 967. The van der Waals surface area contributed by atoms with Crippen LogP contribution in [0.3, 0.4) is 0 Å². The van der Waals surface area contributed by atoms with Crippen molar-refractivity contribution in [3.63, 3.8) is 0 Å². The van der Waals surface area contributed by atoms with E-state index in [1.165, 1.54) is 23.1 Å². The second-order valence-electron chi connectivity index (χ2n) is 6.31. The average molecular weight is 391 g/mol. The molecule has 0 aromatic heterocycles. The van der Waals surface area contributed by atoms with Gasteiger partial charge in [-0.1, -0.05) is 11.2 Å². The Morgan fingerprint density at radius 1 is 1.30 bits per heavy atom. The molecule has 1 atom stereocenters. The molecule has 1 N–H and O–H groups in total. The first-order valence-corrected chi connectivity index (χ1v) is 10.0. The Morgan fingerprint density at radius 3 is 2.78 bits per heavy atom. The highest BCUT2D eigenvalue weighted by Gasteiger charge is 2.40. The Morgan fingerprint density at radius 2 is 2.07 bits per heavy atom. The summed E-state index contributed by atoms with van der Waals surface area (Å²) in [5, 5.41) is 5.53. The van der Waals surface area contributed by atoms with Crippen molar-refractivity contribution in [1.29, 1.82) is 0 Å². The summed E-state index contributed by atoms with van der Waals surface area (Å²) in [6.07, 6.45) is 0.501. The summed E-state index contributed by atoms with van der Waals surface area (Å²) >= 11 is 0. The van der Waals surface area contributed by atoms with Gasteiger partial charge in [0.05, 0.1) is 10.6 Å². The van der Waals surface area contributed by atoms with Gasteiger partial charge in [-0.25, -0.2) is 8.42 Å². The minimum absolute atomic E-state index is 0.00774. The van der Waals surface area contributed by atoms with Crippen molar-refractivity contribution < 1.29 is 22.8 Å². The van der Waals surface area contributed by atoms with Crippen LogP contribution in [0, 0.1) is 0 Å². The zero-order valence-electron chi connectivity index (χ0n) is 14.3. The van der Waals surface area contributed by atoms with E-state index in [4.69, 9.17) is 5.53 Å². The van der Waals surface area contributed by atoms with Crippen LogP contribution < -0.4 is 5.32 Å². The Kier molecular flexibility index (Phi) is 5.15. The number of piperidine rings is 1. The zero-order chi connectivity index (χ0) is 19.6. The normalized spacial score (nSPS) is 19.5. The van der Waals surface area contributed by atoms with Gasteiger partial charge in [-0.3, -0.25) is 19.7 Å². The first kappa shape index (κ1) is 18.9. The molecule has 11 heteroatoms. The number of benzene rings is 1. The first-order valence-electron chi connectivity index (χ1n) is 8.35. The molecule has 10 nitrogen and oxygen atoms in total. The lowest BCUT2D eigenvalue weighted by Gasteiger charge is -2.29. The molecular weight excluding hydrogens is 374 g/mol. The maximum Gasteiger partial charge on any atom is 0.255 e. The summed E-state index contributed by atoms with van der Waals surface area (Å²) in [5.74, 6) is -1.57. The van der Waals surface area contributed by atoms with Crippen molar-refractivity contribution >= 4 is 27.6 Å². The lowest BCUT2D eigenvalue weighted by atomic mass is 10.0. The smallest absolute Gasteiger partial charge is 0.255 e. The number of nitrogens with zero attached hydrogens (tertiary/aromatic N) is 4. The minimum atomic E-state index is -3.68. The van der Waals surface area contributed by atoms with Gasteiger partial charge in [0.1, 0.15) is 6.04 Å². The van der Waals surface area contributed by atoms with Gasteiger partial charge in [0.25, 0.3) is 5.91 Å². The van der Waals surface area contributed by atoms with E-state index in [2.05, 4.69) is 15.3 Å². The van der Waals surface area contributed by atoms with Crippen molar-refractivity contribution in [1.82, 2.24) is 10.2 Å². The van der Waals surface area contributed by atoms with Crippen LogP contribution >= 0.6 is 0 Å². The minimum Gasteiger partial charge on any atom is -0.322 e. The number of nitrogens with one attached hydrogen (secondary N) is 1. The van der Waals surface area contributed by atoms with E-state index >= 15 is 0 Å². The Hall–Kier alpha value is -2.91. The second-order valence-corrected chi connectivity index (χ2v) is 8.39. The summed E-state index contributed by atoms with van der Waals surface area (Å²) in [5.41, 5.74) is 8.88. The Balaban J connectivity index is 1.86. The van der Waals surface area contributed by atoms with Crippen LogP contribution in [0.2, 0.25) is 0 Å². The monoisotopic (exact) mass is 391 g/mol. The van der Waals surface area contributed by atoms with Gasteiger partial charge in [0.15, 0.2) is 9.84 Å². The van der Waals surface area contributed by atoms with Gasteiger partial charge < -0.3 is 4.90 Å². The fourth-order valence-electron chi connectivity index (χ4n) is 3.33. The molecule has 2 aliphatic heterocycles. The van der Waals surface area contributed by atoms with E-state index in [1.807, 2.05) is 0 Å². The van der Waals surface area contributed by atoms with Gasteiger partial charge in [-0.15, -0.1) is 0 Å². The van der Waals surface area contributed by atoms with Gasteiger partial charge in [0.2, 0.25) is 11.8 Å². The van der Waals surface area contributed by atoms with Crippen LogP contribution in [-0.2, 0) is 26.0 Å². The van der Waals surface area contributed by atoms with Crippen LogP contribution in [0.15, 0.2) is 28.2 Å². The third-order valence-electron chi connectivity index (χ3n) is 4.61. The van der Waals surface area contributed by atoms with Crippen LogP contribution in [0.25, 0.3) is 10.4 Å². The fourth-order valence-corrected chi connectivity index (χ4v) is 4.89. The molecule has 0 radical (unpaired) electrons. The fraction of sp³-hybridized carbons (Fsp3) is 0.438. The first-order chi connectivity index (χ1) is 12.8. The molecule has 3 rings (SSSR count). The molecule has 1 unspecified atom stereocenters. The summed E-state index contributed by atoms with van der Waals surface area (Å²) in [6, 6.07) is 3.65. The molecule has 3 amide bonds. The molecule has 27 heavy (non-hydrogen) atoms. The van der Waals surface area contributed by atoms with Crippen LogP contribution in [0.1, 0.15) is 35.2 Å². The summed E-state index contributed by atoms with van der Waals surface area (Å²) in [6.45, 7) is 0.0538. The molecule has 1 aromatic rings. The summed E-state index contributed by atoms with van der Waals surface area (Å²) < 4.78 is 25.3. The number of imide groups is 1. The van der Waals surface area contributed by atoms with E-state index < -0.39 is 27.7 Å². The van der Waals surface area contributed by atoms with Crippen LogP contribution in [0.5, 0.6) is 0 Å². The SMILES string of the molecule is [N-]=[N+]=NCCCS(=O)(=O)c1cccc2c1CN(C1CCC(=O)NC1=O)C2=O. The lowest BCUT2D eigenvalue weighted by molar-refractivity contribution is -0.136. The van der Waals surface area contributed by atoms with E-state index in [0.29, 0.717) is 5.56 Å². The highest BCUT2D eigenvalue weighted by atomic mass is 32.2. The number of azide groups is 1. The van der Waals surface area contributed by atoms with Crippen LogP contribution in [-0.4, -0.2) is 49.4 Å². The van der Waals surface area contributed by atoms with Gasteiger partial charge in [-0.05, 0) is 30.5 Å². The second kappa shape index (κ2) is 7.37. The average Bonchev–Trinajstić information content (AvgIpc) is 2.95. The third kappa shape index (κ3) is 3.64. The van der Waals surface area contributed by atoms with E-state index in [1.54, 1.807) is 0 Å². The highest BCUT2D eigenvalue weighted by Crippen LogP contribution is 2.32. The predicted octanol–water partition coefficient (Wildman–Crippen LogP) is 0.922. The van der Waals surface area contributed by atoms with E-state index in [-0.39, 0.29) is 54.5 Å². The molecular formula is C16H17N5O5S. The standard InChI is InChI=1S/C16H17N5O5S/c17-20-18-7-2-8-27(25,26)13-4-1-3-10-11(13)9-21(16(10)24)12-5-6-14(22)19-15(12)23/h1,3-4,12H,2,5-9H2,(H,19,22,23). The number of carbonyl (C=O) groups excluding carboxylic acids is 3. The molecule has 2 aliphatic rings. The molecule has 0 bridgehead atoms.